The molecule has 1 fully saturated rings. The molecule has 3 nitrogen and oxygen atoms in total. The second kappa shape index (κ2) is 5.59. The highest BCUT2D eigenvalue weighted by molar-refractivity contribution is 6.63. The van der Waals surface area contributed by atoms with Gasteiger partial charge < -0.3 is 14.0 Å². The predicted octanol–water partition coefficient (Wildman–Crippen LogP) is 3.43. The van der Waals surface area contributed by atoms with Gasteiger partial charge in [0.2, 0.25) is 0 Å². The number of hydrogen-bond acceptors (Lipinski definition) is 3. The summed E-state index contributed by atoms with van der Waals surface area (Å²) in [6.07, 6.45) is 0.940. The third kappa shape index (κ3) is 2.97. The molecule has 1 heterocycles. The van der Waals surface area contributed by atoms with E-state index < -0.39 is 7.12 Å². The van der Waals surface area contributed by atoms with E-state index in [0.717, 1.165) is 17.6 Å². The van der Waals surface area contributed by atoms with Gasteiger partial charge in [0, 0.05) is 10.5 Å². The van der Waals surface area contributed by atoms with Crippen LogP contribution in [0.5, 0.6) is 5.75 Å². The lowest BCUT2D eigenvalue weighted by Crippen LogP contribution is -2.41. The number of hydrogen-bond donors (Lipinski definition) is 0. The van der Waals surface area contributed by atoms with Crippen LogP contribution in [0.3, 0.4) is 0 Å². The van der Waals surface area contributed by atoms with Crippen LogP contribution in [0.2, 0.25) is 5.02 Å². The minimum absolute atomic E-state index is 0.362. The largest absolute Gasteiger partial charge is 0.498 e. The molecule has 0 saturated carbocycles. The molecule has 1 aromatic rings. The van der Waals surface area contributed by atoms with Crippen LogP contribution in [0.25, 0.3) is 0 Å². The van der Waals surface area contributed by atoms with E-state index in [-0.39, 0.29) is 11.2 Å². The first kappa shape index (κ1) is 15.7. The summed E-state index contributed by atoms with van der Waals surface area (Å²) < 4.78 is 17.9. The highest BCUT2D eigenvalue weighted by Crippen LogP contribution is 2.37. The van der Waals surface area contributed by atoms with Crippen molar-refractivity contribution in [3.63, 3.8) is 0 Å². The van der Waals surface area contributed by atoms with Gasteiger partial charge in [-0.15, -0.1) is 0 Å². The van der Waals surface area contributed by atoms with Crippen LogP contribution >= 0.6 is 11.6 Å². The first-order valence-electron chi connectivity index (χ1n) is 7.05. The lowest BCUT2D eigenvalue weighted by molar-refractivity contribution is 0.00578. The number of rotatable bonds is 4. The number of ether oxygens (including phenoxy) is 1. The van der Waals surface area contributed by atoms with Crippen LogP contribution in [-0.4, -0.2) is 24.9 Å². The zero-order chi connectivity index (χ0) is 15.0. The first-order valence-corrected chi connectivity index (χ1v) is 7.42. The summed E-state index contributed by atoms with van der Waals surface area (Å²) in [5.41, 5.74) is 0.167. The van der Waals surface area contributed by atoms with E-state index in [2.05, 4.69) is 6.92 Å². The minimum atomic E-state index is -0.427. The van der Waals surface area contributed by atoms with Gasteiger partial charge in [-0.05, 0) is 46.2 Å². The summed E-state index contributed by atoms with van der Waals surface area (Å²) in [5.74, 6) is 0.734. The van der Waals surface area contributed by atoms with Crippen molar-refractivity contribution in [2.24, 2.45) is 0 Å². The molecule has 0 radical (unpaired) electrons. The fraction of sp³-hybridized carbons (Fsp3) is 0.600. The maximum Gasteiger partial charge on any atom is 0.498 e. The molecule has 20 heavy (non-hydrogen) atoms. The smallest absolute Gasteiger partial charge is 0.494 e. The number of halogens is 1. The summed E-state index contributed by atoms with van der Waals surface area (Å²) >= 11 is 6.05. The summed E-state index contributed by atoms with van der Waals surface area (Å²) in [6.45, 7) is 10.9. The molecule has 0 N–H and O–H groups in total. The monoisotopic (exact) mass is 296 g/mol. The van der Waals surface area contributed by atoms with E-state index in [1.165, 1.54) is 0 Å². The molecule has 2 rings (SSSR count). The molecule has 1 aliphatic heterocycles. The van der Waals surface area contributed by atoms with Crippen molar-refractivity contribution in [2.45, 2.75) is 52.2 Å². The molecular formula is C15H22BClO3. The Labute approximate surface area is 126 Å². The molecule has 0 bridgehead atoms. The average molecular weight is 297 g/mol. The standard InChI is InChI=1S/C15H22BClO3/c1-6-9-18-13-10-11(17)7-8-12(13)16-19-14(2,3)15(4,5)20-16/h7-8,10H,6,9H2,1-5H3. The molecule has 5 heteroatoms. The Morgan fingerprint density at radius 1 is 1.15 bits per heavy atom. The summed E-state index contributed by atoms with van der Waals surface area (Å²) in [6, 6.07) is 5.56. The van der Waals surface area contributed by atoms with Gasteiger partial charge in [0.05, 0.1) is 17.8 Å². The van der Waals surface area contributed by atoms with Crippen molar-refractivity contribution in [3.05, 3.63) is 23.2 Å². The molecule has 1 saturated heterocycles. The third-order valence-electron chi connectivity index (χ3n) is 3.94. The van der Waals surface area contributed by atoms with Crippen LogP contribution in [0.15, 0.2) is 18.2 Å². The van der Waals surface area contributed by atoms with Crippen molar-refractivity contribution in [3.8, 4) is 5.75 Å². The van der Waals surface area contributed by atoms with Gasteiger partial charge in [0.1, 0.15) is 5.75 Å². The molecular weight excluding hydrogens is 274 g/mol. The maximum atomic E-state index is 6.07. The normalized spacial score (nSPS) is 20.2. The maximum absolute atomic E-state index is 6.07. The molecule has 0 aromatic heterocycles. The summed E-state index contributed by atoms with van der Waals surface area (Å²) in [7, 11) is -0.427. The Bertz CT molecular complexity index is 472. The molecule has 0 amide bonds. The zero-order valence-electron chi connectivity index (χ0n) is 12.8. The summed E-state index contributed by atoms with van der Waals surface area (Å²) in [4.78, 5) is 0. The Balaban J connectivity index is 2.29. The second-order valence-electron chi connectivity index (χ2n) is 6.12. The lowest BCUT2D eigenvalue weighted by atomic mass is 9.78. The SMILES string of the molecule is CCCOc1cc(Cl)ccc1B1OC(C)(C)C(C)(C)O1. The fourth-order valence-corrected chi connectivity index (χ4v) is 2.17. The van der Waals surface area contributed by atoms with E-state index in [1.807, 2.05) is 45.9 Å². The Morgan fingerprint density at radius 3 is 2.30 bits per heavy atom. The molecule has 0 spiro atoms. The van der Waals surface area contributed by atoms with Gasteiger partial charge in [-0.3, -0.25) is 0 Å². The summed E-state index contributed by atoms with van der Waals surface area (Å²) in [5, 5.41) is 0.649. The quantitative estimate of drug-likeness (QED) is 0.797. The molecule has 110 valence electrons. The molecule has 1 aliphatic rings. The van der Waals surface area contributed by atoms with E-state index in [4.69, 9.17) is 25.6 Å². The number of benzene rings is 1. The van der Waals surface area contributed by atoms with Crippen LogP contribution < -0.4 is 10.2 Å². The van der Waals surface area contributed by atoms with Crippen LogP contribution in [0.4, 0.5) is 0 Å². The Hall–Kier alpha value is -0.705. The topological polar surface area (TPSA) is 27.7 Å². The molecule has 0 aliphatic carbocycles. The fourth-order valence-electron chi connectivity index (χ4n) is 2.01. The van der Waals surface area contributed by atoms with Crippen molar-refractivity contribution in [1.82, 2.24) is 0 Å². The highest BCUT2D eigenvalue weighted by atomic mass is 35.5. The predicted molar refractivity (Wildman–Crippen MR) is 83.0 cm³/mol. The van der Waals surface area contributed by atoms with Crippen molar-refractivity contribution in [2.75, 3.05) is 6.61 Å². The zero-order valence-corrected chi connectivity index (χ0v) is 13.6. The van der Waals surface area contributed by atoms with Gasteiger partial charge in [-0.1, -0.05) is 24.6 Å². The van der Waals surface area contributed by atoms with Gasteiger partial charge in [-0.2, -0.15) is 0 Å². The highest BCUT2D eigenvalue weighted by Gasteiger charge is 2.52. The van der Waals surface area contributed by atoms with Gasteiger partial charge in [0.25, 0.3) is 0 Å². The van der Waals surface area contributed by atoms with Crippen molar-refractivity contribution >= 4 is 24.2 Å². The minimum Gasteiger partial charge on any atom is -0.494 e. The van der Waals surface area contributed by atoms with Crippen molar-refractivity contribution < 1.29 is 14.0 Å². The van der Waals surface area contributed by atoms with Gasteiger partial charge in [-0.25, -0.2) is 0 Å². The van der Waals surface area contributed by atoms with E-state index in [1.54, 1.807) is 0 Å². The molecule has 1 aromatic carbocycles. The molecule has 0 atom stereocenters. The Morgan fingerprint density at radius 2 is 1.75 bits per heavy atom. The second-order valence-corrected chi connectivity index (χ2v) is 6.56. The third-order valence-corrected chi connectivity index (χ3v) is 4.18. The van der Waals surface area contributed by atoms with Crippen LogP contribution in [0, 0.1) is 0 Å². The average Bonchev–Trinajstić information content (AvgIpc) is 2.55. The van der Waals surface area contributed by atoms with E-state index in [0.29, 0.717) is 11.6 Å². The van der Waals surface area contributed by atoms with Crippen LogP contribution in [-0.2, 0) is 9.31 Å². The first-order chi connectivity index (χ1) is 9.27. The van der Waals surface area contributed by atoms with E-state index in [9.17, 15) is 0 Å². The Kier molecular flexibility index (Phi) is 4.38. The van der Waals surface area contributed by atoms with Gasteiger partial charge >= 0.3 is 7.12 Å². The molecule has 0 unspecified atom stereocenters. The van der Waals surface area contributed by atoms with Crippen molar-refractivity contribution in [1.29, 1.82) is 0 Å². The van der Waals surface area contributed by atoms with Crippen LogP contribution in [0.1, 0.15) is 41.0 Å². The van der Waals surface area contributed by atoms with E-state index >= 15 is 0 Å². The lowest BCUT2D eigenvalue weighted by Gasteiger charge is -2.32. The van der Waals surface area contributed by atoms with Gasteiger partial charge in [0.15, 0.2) is 0 Å².